The Morgan fingerprint density at radius 2 is 1.71 bits per heavy atom. The molecule has 6 heteroatoms. The van der Waals surface area contributed by atoms with Crippen LogP contribution in [-0.4, -0.2) is 21.2 Å². The van der Waals surface area contributed by atoms with Crippen LogP contribution in [0.25, 0.3) is 0 Å². The van der Waals surface area contributed by atoms with Gasteiger partial charge in [0.1, 0.15) is 11.5 Å². The minimum absolute atomic E-state index is 0.208. The lowest BCUT2D eigenvalue weighted by Crippen LogP contribution is -2.27. The van der Waals surface area contributed by atoms with Crippen molar-refractivity contribution in [2.24, 2.45) is 0 Å². The average Bonchev–Trinajstić information content (AvgIpc) is 2.86. The smallest absolute Gasteiger partial charge is 0.208 e. The van der Waals surface area contributed by atoms with Crippen LogP contribution in [0.4, 0.5) is 0 Å². The van der Waals surface area contributed by atoms with Gasteiger partial charge in [-0.15, -0.1) is 0 Å². The second kappa shape index (κ2) is 4.77. The normalized spacial score (nSPS) is 12.1. The monoisotopic (exact) mass is 255 g/mol. The Balaban J connectivity index is 2.20. The van der Waals surface area contributed by atoms with Gasteiger partial charge >= 0.3 is 0 Å². The van der Waals surface area contributed by atoms with E-state index in [0.29, 0.717) is 11.5 Å². The molecule has 0 unspecified atom stereocenters. The summed E-state index contributed by atoms with van der Waals surface area (Å²) >= 11 is 0. The van der Waals surface area contributed by atoms with E-state index < -0.39 is 10.0 Å². The SMILES string of the molecule is CS(=O)(=O)NCC(c1ccco1)c1ccco1. The van der Waals surface area contributed by atoms with Crippen molar-refractivity contribution in [2.45, 2.75) is 5.92 Å². The van der Waals surface area contributed by atoms with E-state index in [1.807, 2.05) is 0 Å². The summed E-state index contributed by atoms with van der Waals surface area (Å²) in [6, 6.07) is 7.09. The molecule has 1 N–H and O–H groups in total. The first-order valence-electron chi connectivity index (χ1n) is 5.08. The molecule has 0 aliphatic rings. The number of furan rings is 2. The summed E-state index contributed by atoms with van der Waals surface area (Å²) in [5, 5.41) is 0. The van der Waals surface area contributed by atoms with Crippen LogP contribution >= 0.6 is 0 Å². The number of hydrogen-bond donors (Lipinski definition) is 1. The first-order chi connectivity index (χ1) is 8.06. The number of rotatable bonds is 5. The van der Waals surface area contributed by atoms with Crippen molar-refractivity contribution in [1.82, 2.24) is 4.72 Å². The summed E-state index contributed by atoms with van der Waals surface area (Å²) in [4.78, 5) is 0. The van der Waals surface area contributed by atoms with Crippen molar-refractivity contribution < 1.29 is 17.3 Å². The van der Waals surface area contributed by atoms with Crippen molar-refractivity contribution in [3.8, 4) is 0 Å². The van der Waals surface area contributed by atoms with Gasteiger partial charge in [-0.2, -0.15) is 0 Å². The van der Waals surface area contributed by atoms with Crippen molar-refractivity contribution in [3.63, 3.8) is 0 Å². The maximum absolute atomic E-state index is 11.1. The molecule has 2 aromatic heterocycles. The molecular weight excluding hydrogens is 242 g/mol. The Hall–Kier alpha value is -1.53. The summed E-state index contributed by atoms with van der Waals surface area (Å²) in [6.45, 7) is 0.208. The molecule has 92 valence electrons. The largest absolute Gasteiger partial charge is 0.469 e. The molecule has 0 saturated heterocycles. The zero-order chi connectivity index (χ0) is 12.3. The van der Waals surface area contributed by atoms with Gasteiger partial charge in [-0.3, -0.25) is 0 Å². The van der Waals surface area contributed by atoms with Crippen molar-refractivity contribution in [2.75, 3.05) is 12.8 Å². The summed E-state index contributed by atoms with van der Waals surface area (Å²) in [5.74, 6) is 1.07. The number of sulfonamides is 1. The first-order valence-corrected chi connectivity index (χ1v) is 6.97. The van der Waals surface area contributed by atoms with Gasteiger partial charge in [0.25, 0.3) is 0 Å². The zero-order valence-corrected chi connectivity index (χ0v) is 10.1. The predicted molar refractivity (Wildman–Crippen MR) is 62.1 cm³/mol. The van der Waals surface area contributed by atoms with Gasteiger partial charge in [-0.1, -0.05) is 0 Å². The molecule has 17 heavy (non-hydrogen) atoms. The Labute approximate surface area is 99.5 Å². The van der Waals surface area contributed by atoms with Crippen LogP contribution in [0.3, 0.4) is 0 Å². The zero-order valence-electron chi connectivity index (χ0n) is 9.29. The van der Waals surface area contributed by atoms with Gasteiger partial charge in [0.15, 0.2) is 0 Å². The lowest BCUT2D eigenvalue weighted by Gasteiger charge is -2.12. The van der Waals surface area contributed by atoms with E-state index in [4.69, 9.17) is 8.83 Å². The Kier molecular flexibility index (Phi) is 3.35. The van der Waals surface area contributed by atoms with Crippen molar-refractivity contribution in [1.29, 1.82) is 0 Å². The van der Waals surface area contributed by atoms with E-state index in [9.17, 15) is 8.42 Å². The van der Waals surface area contributed by atoms with Crippen LogP contribution in [0.5, 0.6) is 0 Å². The molecule has 0 spiro atoms. The summed E-state index contributed by atoms with van der Waals surface area (Å²) in [5.41, 5.74) is 0. The molecule has 0 saturated carbocycles. The molecule has 2 heterocycles. The Morgan fingerprint density at radius 1 is 1.18 bits per heavy atom. The second-order valence-corrected chi connectivity index (χ2v) is 5.54. The third-order valence-corrected chi connectivity index (χ3v) is 3.01. The summed E-state index contributed by atoms with van der Waals surface area (Å²) in [7, 11) is -3.23. The van der Waals surface area contributed by atoms with E-state index in [1.165, 1.54) is 0 Å². The van der Waals surface area contributed by atoms with E-state index in [1.54, 1.807) is 36.8 Å². The molecule has 0 atom stereocenters. The highest BCUT2D eigenvalue weighted by atomic mass is 32.2. The highest BCUT2D eigenvalue weighted by Gasteiger charge is 2.20. The number of nitrogens with one attached hydrogen (secondary N) is 1. The lowest BCUT2D eigenvalue weighted by atomic mass is 10.0. The first kappa shape index (κ1) is 11.9. The Bertz CT molecular complexity index is 508. The molecular formula is C11H13NO4S. The molecule has 0 bridgehead atoms. The lowest BCUT2D eigenvalue weighted by molar-refractivity contribution is 0.424. The van der Waals surface area contributed by atoms with Gasteiger partial charge in [0.2, 0.25) is 10.0 Å². The Morgan fingerprint density at radius 3 is 2.06 bits per heavy atom. The molecule has 0 radical (unpaired) electrons. The van der Waals surface area contributed by atoms with Crippen LogP contribution in [0.15, 0.2) is 45.6 Å². The predicted octanol–water partition coefficient (Wildman–Crippen LogP) is 1.55. The molecule has 0 aliphatic carbocycles. The standard InChI is InChI=1S/C11H13NO4S/c1-17(13,14)12-8-9(10-4-2-6-15-10)11-5-3-7-16-11/h2-7,9,12H,8H2,1H3. The topological polar surface area (TPSA) is 72.5 Å². The fraction of sp³-hybridized carbons (Fsp3) is 0.273. The minimum Gasteiger partial charge on any atom is -0.469 e. The van der Waals surface area contributed by atoms with Gasteiger partial charge in [0, 0.05) is 6.54 Å². The molecule has 0 amide bonds. The maximum Gasteiger partial charge on any atom is 0.208 e. The minimum atomic E-state index is -3.23. The fourth-order valence-corrected chi connectivity index (χ4v) is 2.02. The summed E-state index contributed by atoms with van der Waals surface area (Å²) in [6.07, 6.45) is 4.21. The molecule has 0 fully saturated rings. The van der Waals surface area contributed by atoms with Crippen molar-refractivity contribution in [3.05, 3.63) is 48.3 Å². The average molecular weight is 255 g/mol. The van der Waals surface area contributed by atoms with Crippen molar-refractivity contribution >= 4 is 10.0 Å². The third kappa shape index (κ3) is 3.21. The molecule has 0 aromatic carbocycles. The number of hydrogen-bond acceptors (Lipinski definition) is 4. The van der Waals surface area contributed by atoms with Gasteiger partial charge in [0.05, 0.1) is 24.7 Å². The summed E-state index contributed by atoms with van der Waals surface area (Å²) < 4.78 is 35.2. The maximum atomic E-state index is 11.1. The van der Waals surface area contributed by atoms with Gasteiger partial charge in [-0.05, 0) is 24.3 Å². The highest BCUT2D eigenvalue weighted by molar-refractivity contribution is 7.88. The van der Waals surface area contributed by atoms with Crippen LogP contribution in [0.1, 0.15) is 17.4 Å². The molecule has 2 aromatic rings. The molecule has 0 aliphatic heterocycles. The van der Waals surface area contributed by atoms with Crippen LogP contribution in [0, 0.1) is 0 Å². The molecule has 5 nitrogen and oxygen atoms in total. The second-order valence-electron chi connectivity index (χ2n) is 3.70. The molecule has 2 rings (SSSR count). The van der Waals surface area contributed by atoms with E-state index in [-0.39, 0.29) is 12.5 Å². The van der Waals surface area contributed by atoms with Gasteiger partial charge < -0.3 is 8.83 Å². The van der Waals surface area contributed by atoms with Gasteiger partial charge in [-0.25, -0.2) is 13.1 Å². The highest BCUT2D eigenvalue weighted by Crippen LogP contribution is 2.24. The van der Waals surface area contributed by atoms with Crippen LogP contribution < -0.4 is 4.72 Å². The van der Waals surface area contributed by atoms with Crippen LogP contribution in [-0.2, 0) is 10.0 Å². The van der Waals surface area contributed by atoms with E-state index in [0.717, 1.165) is 6.26 Å². The van der Waals surface area contributed by atoms with E-state index in [2.05, 4.69) is 4.72 Å². The fourth-order valence-electron chi connectivity index (χ4n) is 1.56. The quantitative estimate of drug-likeness (QED) is 0.879. The van der Waals surface area contributed by atoms with E-state index >= 15 is 0 Å². The van der Waals surface area contributed by atoms with Crippen LogP contribution in [0.2, 0.25) is 0 Å². The third-order valence-electron chi connectivity index (χ3n) is 2.32.